The van der Waals surface area contributed by atoms with Crippen molar-refractivity contribution in [2.24, 2.45) is 10.9 Å². The van der Waals surface area contributed by atoms with Crippen LogP contribution in [0, 0.1) is 5.92 Å². The topological polar surface area (TPSA) is 80.2 Å². The van der Waals surface area contributed by atoms with Gasteiger partial charge in [-0.25, -0.2) is 9.79 Å². The number of fused-ring (bicyclic) bond motifs is 1. The maximum absolute atomic E-state index is 13.2. The van der Waals surface area contributed by atoms with Crippen LogP contribution in [0.4, 0.5) is 13.2 Å². The number of nitrogens with zero attached hydrogens (tertiary/aromatic N) is 2. The van der Waals surface area contributed by atoms with Gasteiger partial charge in [0, 0.05) is 19.4 Å². The second kappa shape index (κ2) is 11.3. The van der Waals surface area contributed by atoms with E-state index in [4.69, 9.17) is 9.47 Å². The molecule has 35 heavy (non-hydrogen) atoms. The molecule has 0 aliphatic carbocycles. The minimum absolute atomic E-state index is 0.0114. The molecule has 1 amide bonds. The minimum atomic E-state index is -4.49. The first-order valence-electron chi connectivity index (χ1n) is 11.1. The molecule has 3 rings (SSSR count). The number of allylic oxidation sites excluding steroid dienone is 1. The van der Waals surface area contributed by atoms with Crippen LogP contribution in [0.25, 0.3) is 0 Å². The Morgan fingerprint density at radius 3 is 2.49 bits per heavy atom. The van der Waals surface area contributed by atoms with Crippen LogP contribution in [0.2, 0.25) is 0 Å². The average Bonchev–Trinajstić information content (AvgIpc) is 3.18. The summed E-state index contributed by atoms with van der Waals surface area (Å²) in [4.78, 5) is 31.9. The smallest absolute Gasteiger partial charge is 0.416 e. The van der Waals surface area contributed by atoms with Gasteiger partial charge >= 0.3 is 12.1 Å². The summed E-state index contributed by atoms with van der Waals surface area (Å²) in [6.45, 7) is 6.34. The summed E-state index contributed by atoms with van der Waals surface area (Å²) in [5, 5.41) is 5.17. The third kappa shape index (κ3) is 6.46. The number of rotatable bonds is 9. The van der Waals surface area contributed by atoms with Gasteiger partial charge in [-0.3, -0.25) is 4.79 Å². The number of carbonyl (C=O) groups is 2. The van der Waals surface area contributed by atoms with Crippen LogP contribution >= 0.6 is 11.8 Å². The zero-order chi connectivity index (χ0) is 25.8. The highest BCUT2D eigenvalue weighted by Crippen LogP contribution is 2.45. The van der Waals surface area contributed by atoms with Gasteiger partial charge in [-0.1, -0.05) is 37.7 Å². The number of amidine groups is 1. The second-order valence-electron chi connectivity index (χ2n) is 8.52. The normalized spacial score (nSPS) is 17.8. The molecule has 1 aromatic carbocycles. The van der Waals surface area contributed by atoms with Crippen LogP contribution in [0.3, 0.4) is 0 Å². The number of carbonyl (C=O) groups excluding carboxylic acids is 2. The molecule has 1 aromatic rings. The van der Waals surface area contributed by atoms with E-state index in [-0.39, 0.29) is 37.0 Å². The maximum atomic E-state index is 13.2. The lowest BCUT2D eigenvalue weighted by molar-refractivity contribution is -0.141. The fraction of sp³-hybridized carbons (Fsp3) is 0.458. The monoisotopic (exact) mass is 511 g/mol. The number of hydrogen-bond acceptors (Lipinski definition) is 7. The van der Waals surface area contributed by atoms with Gasteiger partial charge in [0.15, 0.2) is 5.17 Å². The molecule has 0 bridgehead atoms. The number of esters is 1. The molecule has 0 fully saturated rings. The lowest BCUT2D eigenvalue weighted by Crippen LogP contribution is -2.38. The third-order valence-electron chi connectivity index (χ3n) is 5.34. The van der Waals surface area contributed by atoms with E-state index >= 15 is 0 Å². The zero-order valence-electron chi connectivity index (χ0n) is 19.9. The van der Waals surface area contributed by atoms with E-state index in [1.807, 2.05) is 13.8 Å². The Kier molecular flexibility index (Phi) is 8.65. The van der Waals surface area contributed by atoms with Crippen LogP contribution in [0.5, 0.6) is 0 Å². The van der Waals surface area contributed by atoms with Crippen molar-refractivity contribution in [2.75, 3.05) is 26.9 Å². The first-order valence-corrected chi connectivity index (χ1v) is 11.9. The van der Waals surface area contributed by atoms with Crippen LogP contribution in [0.15, 0.2) is 51.6 Å². The van der Waals surface area contributed by atoms with Gasteiger partial charge in [-0.2, -0.15) is 13.2 Å². The number of thioether (sulfide) groups is 1. The van der Waals surface area contributed by atoms with Crippen molar-refractivity contribution < 1.29 is 32.2 Å². The molecule has 11 heteroatoms. The van der Waals surface area contributed by atoms with E-state index in [9.17, 15) is 22.8 Å². The molecule has 190 valence electrons. The number of methoxy groups -OCH3 is 1. The Bertz CT molecular complexity index is 1050. The molecular formula is C24H28F3N3O4S. The minimum Gasteiger partial charge on any atom is -0.460 e. The van der Waals surface area contributed by atoms with Crippen molar-refractivity contribution in [1.29, 1.82) is 0 Å². The van der Waals surface area contributed by atoms with Crippen LogP contribution in [-0.4, -0.2) is 48.8 Å². The van der Waals surface area contributed by atoms with Gasteiger partial charge in [-0.15, -0.1) is 0 Å². The van der Waals surface area contributed by atoms with Crippen LogP contribution < -0.4 is 5.32 Å². The molecule has 0 spiro atoms. The Balaban J connectivity index is 1.98. The molecular weight excluding hydrogens is 483 g/mol. The summed E-state index contributed by atoms with van der Waals surface area (Å²) >= 11 is 1.29. The molecule has 1 N–H and O–H groups in total. The van der Waals surface area contributed by atoms with Crippen LogP contribution in [-0.2, 0) is 25.2 Å². The highest BCUT2D eigenvalue weighted by molar-refractivity contribution is 8.16. The van der Waals surface area contributed by atoms with Gasteiger partial charge < -0.3 is 19.7 Å². The van der Waals surface area contributed by atoms with E-state index in [1.54, 1.807) is 17.2 Å². The van der Waals surface area contributed by atoms with Gasteiger partial charge in [0.2, 0.25) is 5.91 Å². The molecule has 2 aliphatic heterocycles. The third-order valence-corrected chi connectivity index (χ3v) is 6.23. The van der Waals surface area contributed by atoms with E-state index in [2.05, 4.69) is 10.3 Å². The van der Waals surface area contributed by atoms with Crippen LogP contribution in [0.1, 0.15) is 44.4 Å². The SMILES string of the molecule is COCCOC(=O)C1=C(C)N=C2SC=C(CC(=O)NCC(C)C)N2C1c1ccc(C(F)(F)F)cc1. The fourth-order valence-corrected chi connectivity index (χ4v) is 4.61. The van der Waals surface area contributed by atoms with Gasteiger partial charge in [0.25, 0.3) is 0 Å². The summed E-state index contributed by atoms with van der Waals surface area (Å²) in [5.41, 5.74) is 0.833. The van der Waals surface area contributed by atoms with E-state index in [0.717, 1.165) is 12.1 Å². The molecule has 0 saturated heterocycles. The molecule has 1 unspecified atom stereocenters. The van der Waals surface area contributed by atoms with E-state index < -0.39 is 23.8 Å². The van der Waals surface area contributed by atoms with E-state index in [0.29, 0.717) is 28.7 Å². The summed E-state index contributed by atoms with van der Waals surface area (Å²) in [7, 11) is 1.48. The zero-order valence-corrected chi connectivity index (χ0v) is 20.8. The number of nitrogens with one attached hydrogen (secondary N) is 1. The predicted molar refractivity (Wildman–Crippen MR) is 127 cm³/mol. The number of ether oxygens (including phenoxy) is 2. The van der Waals surface area contributed by atoms with Crippen molar-refractivity contribution in [3.05, 3.63) is 57.8 Å². The molecule has 0 saturated carbocycles. The maximum Gasteiger partial charge on any atom is 0.416 e. The number of hydrogen-bond donors (Lipinski definition) is 1. The molecule has 2 heterocycles. The molecule has 0 radical (unpaired) electrons. The average molecular weight is 512 g/mol. The lowest BCUT2D eigenvalue weighted by atomic mass is 9.93. The summed E-state index contributed by atoms with van der Waals surface area (Å²) in [5.74, 6) is -0.571. The second-order valence-corrected chi connectivity index (χ2v) is 9.35. The fourth-order valence-electron chi connectivity index (χ4n) is 3.64. The quantitative estimate of drug-likeness (QED) is 0.385. The Morgan fingerprint density at radius 2 is 1.89 bits per heavy atom. The number of alkyl halides is 3. The molecule has 2 aliphatic rings. The Morgan fingerprint density at radius 1 is 1.20 bits per heavy atom. The van der Waals surface area contributed by atoms with Gasteiger partial charge in [0.05, 0.1) is 35.9 Å². The lowest BCUT2D eigenvalue weighted by Gasteiger charge is -2.36. The Hall–Kier alpha value is -2.79. The van der Waals surface area contributed by atoms with E-state index in [1.165, 1.54) is 31.0 Å². The number of aliphatic imine (C=N–C) groups is 1. The predicted octanol–water partition coefficient (Wildman–Crippen LogP) is 4.63. The molecule has 1 atom stereocenters. The largest absolute Gasteiger partial charge is 0.460 e. The highest BCUT2D eigenvalue weighted by Gasteiger charge is 2.41. The van der Waals surface area contributed by atoms with Gasteiger partial charge in [-0.05, 0) is 35.9 Å². The van der Waals surface area contributed by atoms with Crippen molar-refractivity contribution >= 4 is 28.8 Å². The first kappa shape index (κ1) is 26.8. The Labute approximate surface area is 206 Å². The summed E-state index contributed by atoms with van der Waals surface area (Å²) in [6.07, 6.45) is -4.46. The number of benzene rings is 1. The summed E-state index contributed by atoms with van der Waals surface area (Å²) in [6, 6.07) is 3.83. The number of amides is 1. The number of halogens is 3. The molecule has 7 nitrogen and oxygen atoms in total. The molecule has 0 aromatic heterocycles. The van der Waals surface area contributed by atoms with Crippen molar-refractivity contribution in [2.45, 2.75) is 39.4 Å². The van der Waals surface area contributed by atoms with Gasteiger partial charge in [0.1, 0.15) is 6.61 Å². The first-order chi connectivity index (χ1) is 16.5. The standard InChI is InChI=1S/C24H28F3N3O4S/c1-14(2)12-28-19(31)11-18-13-35-23-29-15(3)20(22(32)34-10-9-33-4)21(30(18)23)16-5-7-17(8-6-16)24(25,26)27/h5-8,13-14,21H,9-12H2,1-4H3,(H,28,31). The van der Waals surface area contributed by atoms with Crippen molar-refractivity contribution in [3.63, 3.8) is 0 Å². The highest BCUT2D eigenvalue weighted by atomic mass is 32.2. The van der Waals surface area contributed by atoms with Crippen molar-refractivity contribution in [1.82, 2.24) is 10.2 Å². The van der Waals surface area contributed by atoms with Crippen molar-refractivity contribution in [3.8, 4) is 0 Å². The summed E-state index contributed by atoms with van der Waals surface area (Å²) < 4.78 is 49.8.